The maximum absolute atomic E-state index is 14.6. The van der Waals surface area contributed by atoms with Gasteiger partial charge in [0.15, 0.2) is 7.05 Å². The van der Waals surface area contributed by atoms with Gasteiger partial charge in [0.25, 0.3) is 5.69 Å². The Hall–Kier alpha value is -3.22. The number of carbonyl (C=O) groups excluding carboxylic acids is 2. The third kappa shape index (κ3) is 7.03. The number of nitroso groups, excluding NO2 is 1. The minimum absolute atomic E-state index is 0.0115. The van der Waals surface area contributed by atoms with Gasteiger partial charge in [-0.2, -0.15) is 0 Å². The molecule has 2 saturated heterocycles. The Morgan fingerprint density at radius 1 is 1.13 bits per heavy atom. The summed E-state index contributed by atoms with van der Waals surface area (Å²) in [5.74, 6) is -0.299. The van der Waals surface area contributed by atoms with Crippen LogP contribution in [0.4, 0.5) is 5.69 Å². The second-order valence-electron chi connectivity index (χ2n) is 11.7. The van der Waals surface area contributed by atoms with Crippen molar-refractivity contribution in [2.45, 2.75) is 35.1 Å². The van der Waals surface area contributed by atoms with Gasteiger partial charge in [0.2, 0.25) is 11.8 Å². The lowest BCUT2D eigenvalue weighted by atomic mass is 9.91. The van der Waals surface area contributed by atoms with Crippen molar-refractivity contribution in [2.75, 3.05) is 46.4 Å². The first kappa shape index (κ1) is 32.7. The molecular weight excluding hydrogens is 690 g/mol. The van der Waals surface area contributed by atoms with Crippen LogP contribution in [-0.2, 0) is 20.9 Å². The molecule has 3 aromatic carbocycles. The number of halogens is 2. The Labute approximate surface area is 285 Å². The number of H-pyrrole nitrogens is 1. The van der Waals surface area contributed by atoms with Crippen LogP contribution in [0.3, 0.4) is 0 Å². The van der Waals surface area contributed by atoms with Gasteiger partial charge < -0.3 is 19.9 Å². The zero-order chi connectivity index (χ0) is 32.3. The molecule has 4 aromatic rings. The summed E-state index contributed by atoms with van der Waals surface area (Å²) in [5.41, 5.74) is 3.15. The highest BCUT2D eigenvalue weighted by atomic mass is 79.9. The quantitative estimate of drug-likeness (QED) is 0.136. The maximum atomic E-state index is 14.6. The molecule has 240 valence electrons. The molecule has 0 saturated carbocycles. The molecular formula is C34H36BrClN5O4S+. The lowest BCUT2D eigenvalue weighted by Crippen LogP contribution is -2.48. The monoisotopic (exact) mass is 724 g/mol. The number of carbonyl (C=O) groups is 2. The first-order valence-corrected chi connectivity index (χ1v) is 17.3. The zero-order valence-corrected chi connectivity index (χ0v) is 28.7. The highest BCUT2D eigenvalue weighted by Crippen LogP contribution is 2.54. The zero-order valence-electron chi connectivity index (χ0n) is 25.5. The predicted molar refractivity (Wildman–Crippen MR) is 184 cm³/mol. The molecule has 0 aliphatic carbocycles. The van der Waals surface area contributed by atoms with Crippen LogP contribution in [0, 0.1) is 4.91 Å². The average Bonchev–Trinajstić information content (AvgIpc) is 3.58. The van der Waals surface area contributed by atoms with Crippen molar-refractivity contribution in [1.82, 2.24) is 20.1 Å². The van der Waals surface area contributed by atoms with E-state index in [9.17, 15) is 14.5 Å². The van der Waals surface area contributed by atoms with Gasteiger partial charge in [-0.25, -0.2) is 0 Å². The van der Waals surface area contributed by atoms with E-state index in [4.69, 9.17) is 16.3 Å². The number of benzene rings is 3. The van der Waals surface area contributed by atoms with Crippen LogP contribution in [0.15, 0.2) is 82.3 Å². The molecule has 2 unspecified atom stereocenters. The number of likely N-dealkylation sites (tertiary alicyclic amines) is 1. The molecule has 2 N–H and O–H groups in total. The van der Waals surface area contributed by atoms with E-state index in [0.717, 1.165) is 75.4 Å². The van der Waals surface area contributed by atoms with Gasteiger partial charge in [-0.1, -0.05) is 45.7 Å². The van der Waals surface area contributed by atoms with Gasteiger partial charge in [-0.05, 0) is 54.9 Å². The summed E-state index contributed by atoms with van der Waals surface area (Å²) in [4.78, 5) is 49.0. The Balaban J connectivity index is 1.39. The van der Waals surface area contributed by atoms with E-state index in [2.05, 4.69) is 31.1 Å². The molecule has 2 fully saturated rings. The normalized spacial score (nSPS) is 20.4. The summed E-state index contributed by atoms with van der Waals surface area (Å²) < 4.78 is 6.01. The SMILES string of the molecule is C[N+](=O)c1ccc(SC2(C(=O)NCCCN3CCOCC3)CC(=O)N(Cc3ccc(Br)cc3)C2c2c[nH]c3cc(Cl)ccc23)cc1. The van der Waals surface area contributed by atoms with Crippen LogP contribution in [-0.4, -0.2) is 82.5 Å². The molecule has 46 heavy (non-hydrogen) atoms. The molecule has 9 nitrogen and oxygen atoms in total. The number of hydrogen-bond acceptors (Lipinski definition) is 6. The van der Waals surface area contributed by atoms with E-state index in [0.29, 0.717) is 23.8 Å². The summed E-state index contributed by atoms with van der Waals surface area (Å²) in [6.45, 7) is 4.89. The Bertz CT molecular complexity index is 1730. The van der Waals surface area contributed by atoms with E-state index in [1.165, 1.54) is 18.8 Å². The predicted octanol–water partition coefficient (Wildman–Crippen LogP) is 6.47. The van der Waals surface area contributed by atoms with Crippen molar-refractivity contribution < 1.29 is 19.1 Å². The van der Waals surface area contributed by atoms with Crippen molar-refractivity contribution in [1.29, 1.82) is 0 Å². The number of amides is 2. The van der Waals surface area contributed by atoms with Gasteiger partial charge >= 0.3 is 0 Å². The number of aromatic amines is 1. The van der Waals surface area contributed by atoms with E-state index < -0.39 is 10.8 Å². The molecule has 0 spiro atoms. The molecule has 1 aromatic heterocycles. The van der Waals surface area contributed by atoms with Crippen molar-refractivity contribution >= 4 is 67.7 Å². The number of aromatic nitrogens is 1. The largest absolute Gasteiger partial charge is 0.379 e. The first-order valence-electron chi connectivity index (χ1n) is 15.3. The van der Waals surface area contributed by atoms with E-state index in [1.54, 1.807) is 12.1 Å². The van der Waals surface area contributed by atoms with Crippen molar-refractivity contribution in [3.63, 3.8) is 0 Å². The summed E-state index contributed by atoms with van der Waals surface area (Å²) in [6.07, 6.45) is 2.69. The molecule has 2 amide bonds. The highest BCUT2D eigenvalue weighted by Gasteiger charge is 2.58. The highest BCUT2D eigenvalue weighted by molar-refractivity contribution is 9.10. The van der Waals surface area contributed by atoms with Crippen molar-refractivity contribution in [2.24, 2.45) is 0 Å². The summed E-state index contributed by atoms with van der Waals surface area (Å²) >= 11 is 11.2. The number of rotatable bonds is 11. The number of hydrogen-bond donors (Lipinski definition) is 2. The number of nitrogens with one attached hydrogen (secondary N) is 2. The van der Waals surface area contributed by atoms with Crippen molar-refractivity contribution in [3.8, 4) is 0 Å². The number of nitrogens with zero attached hydrogens (tertiary/aromatic N) is 3. The van der Waals surface area contributed by atoms with Gasteiger partial charge in [0, 0.05) is 85.0 Å². The van der Waals surface area contributed by atoms with Gasteiger partial charge in [-0.15, -0.1) is 11.8 Å². The van der Waals surface area contributed by atoms with E-state index in [1.807, 2.05) is 65.7 Å². The minimum atomic E-state index is -1.20. The Kier molecular flexibility index (Phi) is 10.1. The fourth-order valence-corrected chi connectivity index (χ4v) is 8.16. The number of thioether (sulfide) groups is 1. The standard InChI is InChI=1S/C34H35BrClN5O4S/c1-39(44)26-8-10-27(11-9-26)46-34(33(43)37-13-2-14-40-15-17-45-18-16-40)20-31(42)41(22-23-3-5-24(35)6-4-23)32(34)29-21-38-30-19-25(36)7-12-28(29)30/h3-12,19,21,32,38H,2,13-18,20,22H2,1H3/p+1. The smallest absolute Gasteiger partial charge is 0.255 e. The third-order valence-electron chi connectivity index (χ3n) is 8.65. The van der Waals surface area contributed by atoms with E-state index >= 15 is 0 Å². The lowest BCUT2D eigenvalue weighted by molar-refractivity contribution is -0.428. The van der Waals surface area contributed by atoms with Crippen LogP contribution < -0.4 is 5.32 Å². The topological polar surface area (TPSA) is 97.8 Å². The summed E-state index contributed by atoms with van der Waals surface area (Å²) in [6, 6.07) is 20.1. The average molecular weight is 726 g/mol. The molecule has 6 rings (SSSR count). The number of morpholine rings is 1. The Morgan fingerprint density at radius 2 is 1.87 bits per heavy atom. The molecule has 2 aliphatic rings. The molecule has 12 heteroatoms. The number of ether oxygens (including phenoxy) is 1. The van der Waals surface area contributed by atoms with Gasteiger partial charge in [-0.3, -0.25) is 14.5 Å². The Morgan fingerprint density at radius 3 is 2.59 bits per heavy atom. The summed E-state index contributed by atoms with van der Waals surface area (Å²) in [7, 11) is 1.45. The lowest BCUT2D eigenvalue weighted by Gasteiger charge is -2.36. The number of fused-ring (bicyclic) bond motifs is 1. The maximum Gasteiger partial charge on any atom is 0.255 e. The molecule has 0 radical (unpaired) electrons. The van der Waals surface area contributed by atoms with Crippen LogP contribution in [0.25, 0.3) is 10.9 Å². The molecule has 2 atom stereocenters. The molecule has 2 aliphatic heterocycles. The van der Waals surface area contributed by atoms with Crippen LogP contribution in [0.5, 0.6) is 0 Å². The van der Waals surface area contributed by atoms with Gasteiger partial charge in [0.1, 0.15) is 4.75 Å². The van der Waals surface area contributed by atoms with Crippen LogP contribution >= 0.6 is 39.3 Å². The van der Waals surface area contributed by atoms with E-state index in [-0.39, 0.29) is 18.2 Å². The molecule has 0 bridgehead atoms. The fourth-order valence-electron chi connectivity index (χ4n) is 6.31. The van der Waals surface area contributed by atoms with Crippen LogP contribution in [0.2, 0.25) is 5.02 Å². The second kappa shape index (κ2) is 14.3. The van der Waals surface area contributed by atoms with Crippen molar-refractivity contribution in [3.05, 3.63) is 98.5 Å². The van der Waals surface area contributed by atoms with Crippen LogP contribution in [0.1, 0.15) is 30.0 Å². The van der Waals surface area contributed by atoms with Gasteiger partial charge in [0.05, 0.1) is 25.7 Å². The minimum Gasteiger partial charge on any atom is -0.379 e. The first-order chi connectivity index (χ1) is 22.2. The summed E-state index contributed by atoms with van der Waals surface area (Å²) in [5, 5.41) is 4.72. The second-order valence-corrected chi connectivity index (χ2v) is 14.5. The fraction of sp³-hybridized carbons (Fsp3) is 0.353. The molecule has 3 heterocycles. The third-order valence-corrected chi connectivity index (χ3v) is 10.8.